The first-order valence-electron chi connectivity index (χ1n) is 10.8. The Kier molecular flexibility index (Phi) is 5.24. The number of benzene rings is 1. The van der Waals surface area contributed by atoms with E-state index in [-0.39, 0.29) is 24.0 Å². The van der Waals surface area contributed by atoms with Gasteiger partial charge in [-0.05, 0) is 24.1 Å². The van der Waals surface area contributed by atoms with Crippen LogP contribution in [0.3, 0.4) is 0 Å². The van der Waals surface area contributed by atoms with Gasteiger partial charge in [-0.2, -0.15) is 0 Å². The van der Waals surface area contributed by atoms with Crippen molar-refractivity contribution in [1.82, 2.24) is 19.8 Å². The summed E-state index contributed by atoms with van der Waals surface area (Å²) >= 11 is 1.68. The molecule has 2 aliphatic rings. The number of ether oxygens (including phenoxy) is 1. The number of carbonyl (C=O) groups excluding carboxylic acids is 1. The SMILES string of the molecule is CCCC(=O)N1CC2(CN(Cc3nccs3)C2)c2c([nH]c3cc(OC)ccc23)[C@H]1CO. The Morgan fingerprint density at radius 3 is 2.90 bits per heavy atom. The van der Waals surface area contributed by atoms with Gasteiger partial charge in [0.15, 0.2) is 0 Å². The number of aliphatic hydroxyl groups is 1. The van der Waals surface area contributed by atoms with E-state index in [0.717, 1.165) is 53.4 Å². The zero-order valence-electron chi connectivity index (χ0n) is 17.9. The highest BCUT2D eigenvalue weighted by Crippen LogP contribution is 2.49. The van der Waals surface area contributed by atoms with Crippen LogP contribution in [0.25, 0.3) is 10.9 Å². The molecule has 1 aromatic carbocycles. The standard InChI is InChI=1S/C23H28N4O3S/c1-3-4-20(29)27-14-23(12-26(13-23)10-19-24-7-8-31-19)21-16-6-5-15(30-2)9-17(16)25-22(21)18(27)11-28/h5-9,18,25,28H,3-4,10-14H2,1-2H3/t18-/m1/s1. The van der Waals surface area contributed by atoms with Gasteiger partial charge in [-0.1, -0.05) is 6.92 Å². The summed E-state index contributed by atoms with van der Waals surface area (Å²) in [6, 6.07) is 5.75. The normalized spacial score (nSPS) is 20.1. The molecule has 5 rings (SSSR count). The smallest absolute Gasteiger partial charge is 0.223 e. The molecule has 1 saturated heterocycles. The van der Waals surface area contributed by atoms with E-state index in [1.165, 1.54) is 5.56 Å². The van der Waals surface area contributed by atoms with E-state index in [0.29, 0.717) is 13.0 Å². The fourth-order valence-corrected chi connectivity index (χ4v) is 5.99. The maximum atomic E-state index is 13.0. The number of methoxy groups -OCH3 is 1. The lowest BCUT2D eigenvalue weighted by atomic mass is 9.68. The van der Waals surface area contributed by atoms with Gasteiger partial charge >= 0.3 is 0 Å². The number of hydrogen-bond donors (Lipinski definition) is 2. The molecule has 1 atom stereocenters. The Hall–Kier alpha value is -2.42. The van der Waals surface area contributed by atoms with Crippen molar-refractivity contribution in [3.05, 3.63) is 46.0 Å². The van der Waals surface area contributed by atoms with E-state index < -0.39 is 0 Å². The molecule has 2 aromatic heterocycles. The molecule has 0 aliphatic carbocycles. The zero-order valence-corrected chi connectivity index (χ0v) is 18.7. The lowest BCUT2D eigenvalue weighted by Crippen LogP contribution is -2.66. The molecule has 0 saturated carbocycles. The van der Waals surface area contributed by atoms with Crippen molar-refractivity contribution in [2.75, 3.05) is 33.4 Å². The van der Waals surface area contributed by atoms with Crippen molar-refractivity contribution in [2.24, 2.45) is 0 Å². The molecule has 4 heterocycles. The third-order valence-corrected chi connectivity index (χ3v) is 7.36. The van der Waals surface area contributed by atoms with Gasteiger partial charge in [0.25, 0.3) is 0 Å². The summed E-state index contributed by atoms with van der Waals surface area (Å²) in [7, 11) is 1.66. The second-order valence-electron chi connectivity index (χ2n) is 8.65. The van der Waals surface area contributed by atoms with Crippen molar-refractivity contribution in [3.8, 4) is 5.75 Å². The maximum absolute atomic E-state index is 13.0. The Morgan fingerprint density at radius 2 is 2.23 bits per heavy atom. The second-order valence-corrected chi connectivity index (χ2v) is 9.63. The van der Waals surface area contributed by atoms with Gasteiger partial charge in [-0.15, -0.1) is 11.3 Å². The number of aromatic amines is 1. The molecule has 1 spiro atoms. The number of hydrogen-bond acceptors (Lipinski definition) is 6. The Labute approximate surface area is 185 Å². The molecule has 0 unspecified atom stereocenters. The number of H-pyrrole nitrogens is 1. The van der Waals surface area contributed by atoms with Gasteiger partial charge in [0.2, 0.25) is 5.91 Å². The summed E-state index contributed by atoms with van der Waals surface area (Å²) in [6.07, 6.45) is 3.14. The van der Waals surface area contributed by atoms with Crippen LogP contribution in [0.5, 0.6) is 5.75 Å². The van der Waals surface area contributed by atoms with Crippen LogP contribution in [0.2, 0.25) is 0 Å². The lowest BCUT2D eigenvalue weighted by Gasteiger charge is -2.56. The maximum Gasteiger partial charge on any atom is 0.223 e. The molecule has 8 heteroatoms. The summed E-state index contributed by atoms with van der Waals surface area (Å²) in [5.41, 5.74) is 3.06. The molecule has 1 fully saturated rings. The van der Waals surface area contributed by atoms with Crippen molar-refractivity contribution in [2.45, 2.75) is 37.8 Å². The minimum Gasteiger partial charge on any atom is -0.497 e. The van der Waals surface area contributed by atoms with E-state index in [4.69, 9.17) is 4.74 Å². The Balaban J connectivity index is 1.57. The number of rotatable bonds is 6. The number of carbonyl (C=O) groups is 1. The molecule has 2 N–H and O–H groups in total. The second kappa shape index (κ2) is 7.93. The van der Waals surface area contributed by atoms with E-state index >= 15 is 0 Å². The van der Waals surface area contributed by atoms with Crippen LogP contribution in [0, 0.1) is 0 Å². The van der Waals surface area contributed by atoms with E-state index in [1.54, 1.807) is 18.4 Å². The van der Waals surface area contributed by atoms with Crippen LogP contribution in [0.15, 0.2) is 29.8 Å². The first kappa shape index (κ1) is 20.5. The molecule has 0 radical (unpaired) electrons. The number of fused-ring (bicyclic) bond motifs is 4. The van der Waals surface area contributed by atoms with E-state index in [9.17, 15) is 9.90 Å². The van der Waals surface area contributed by atoms with Gasteiger partial charge in [0.05, 0.1) is 26.3 Å². The number of likely N-dealkylation sites (tertiary alicyclic amines) is 1. The van der Waals surface area contributed by atoms with Crippen molar-refractivity contribution in [1.29, 1.82) is 0 Å². The number of thiazole rings is 1. The summed E-state index contributed by atoms with van der Waals surface area (Å²) in [4.78, 5) is 25.3. The lowest BCUT2D eigenvalue weighted by molar-refractivity contribution is -0.139. The molecule has 164 valence electrons. The molecular weight excluding hydrogens is 412 g/mol. The highest BCUT2D eigenvalue weighted by atomic mass is 32.1. The number of aromatic nitrogens is 2. The Bertz CT molecular complexity index is 1090. The molecule has 1 amide bonds. The third kappa shape index (κ3) is 3.33. The fraction of sp³-hybridized carbons (Fsp3) is 0.478. The van der Waals surface area contributed by atoms with Crippen molar-refractivity contribution in [3.63, 3.8) is 0 Å². The highest BCUT2D eigenvalue weighted by molar-refractivity contribution is 7.09. The molecular formula is C23H28N4O3S. The first-order valence-corrected chi connectivity index (χ1v) is 11.7. The number of aliphatic hydroxyl groups excluding tert-OH is 1. The number of nitrogens with one attached hydrogen (secondary N) is 1. The number of nitrogens with zero attached hydrogens (tertiary/aromatic N) is 3. The van der Waals surface area contributed by atoms with Crippen LogP contribution >= 0.6 is 11.3 Å². The summed E-state index contributed by atoms with van der Waals surface area (Å²) < 4.78 is 5.42. The molecule has 2 aliphatic heterocycles. The third-order valence-electron chi connectivity index (χ3n) is 6.60. The van der Waals surface area contributed by atoms with Gasteiger partial charge in [0.1, 0.15) is 10.8 Å². The van der Waals surface area contributed by atoms with E-state index in [1.807, 2.05) is 35.5 Å². The highest BCUT2D eigenvalue weighted by Gasteiger charge is 2.53. The average molecular weight is 441 g/mol. The van der Waals surface area contributed by atoms with Gasteiger partial charge in [-0.25, -0.2) is 4.98 Å². The predicted molar refractivity (Wildman–Crippen MR) is 120 cm³/mol. The fourth-order valence-electron chi connectivity index (χ4n) is 5.33. The molecule has 31 heavy (non-hydrogen) atoms. The first-order chi connectivity index (χ1) is 15.1. The minimum atomic E-state index is -0.342. The zero-order chi connectivity index (χ0) is 21.6. The number of amides is 1. The summed E-state index contributed by atoms with van der Waals surface area (Å²) in [5, 5.41) is 14.6. The average Bonchev–Trinajstić information content (AvgIpc) is 3.39. The Morgan fingerprint density at radius 1 is 1.39 bits per heavy atom. The van der Waals surface area contributed by atoms with Crippen LogP contribution in [0.4, 0.5) is 0 Å². The largest absolute Gasteiger partial charge is 0.497 e. The van der Waals surface area contributed by atoms with E-state index in [2.05, 4.69) is 20.9 Å². The quantitative estimate of drug-likeness (QED) is 0.616. The predicted octanol–water partition coefficient (Wildman–Crippen LogP) is 3.06. The topological polar surface area (TPSA) is 81.7 Å². The molecule has 7 nitrogen and oxygen atoms in total. The van der Waals surface area contributed by atoms with Crippen LogP contribution in [-0.4, -0.2) is 64.1 Å². The van der Waals surface area contributed by atoms with Gasteiger partial charge < -0.3 is 19.7 Å². The monoisotopic (exact) mass is 440 g/mol. The van der Waals surface area contributed by atoms with Gasteiger partial charge in [0, 0.05) is 65.7 Å². The van der Waals surface area contributed by atoms with Gasteiger partial charge in [-0.3, -0.25) is 9.69 Å². The summed E-state index contributed by atoms with van der Waals surface area (Å²) in [6.45, 7) is 5.13. The van der Waals surface area contributed by atoms with Crippen molar-refractivity contribution >= 4 is 28.1 Å². The van der Waals surface area contributed by atoms with Crippen LogP contribution in [-0.2, 0) is 16.8 Å². The molecule has 3 aromatic rings. The van der Waals surface area contributed by atoms with Crippen LogP contribution < -0.4 is 4.74 Å². The van der Waals surface area contributed by atoms with Crippen molar-refractivity contribution < 1.29 is 14.6 Å². The van der Waals surface area contributed by atoms with Crippen LogP contribution in [0.1, 0.15) is 42.1 Å². The molecule has 0 bridgehead atoms. The minimum absolute atomic E-state index is 0.0919. The summed E-state index contributed by atoms with van der Waals surface area (Å²) in [5.74, 6) is 0.903.